The fraction of sp³-hybridized carbons (Fsp3) is 0.333. The van der Waals surface area contributed by atoms with Crippen LogP contribution < -0.4 is 9.47 Å². The summed E-state index contributed by atoms with van der Waals surface area (Å²) in [4.78, 5) is 0. The van der Waals surface area contributed by atoms with Crippen molar-refractivity contribution in [3.05, 3.63) is 59.7 Å². The van der Waals surface area contributed by atoms with Gasteiger partial charge in [0.05, 0.1) is 6.10 Å². The molecule has 0 bridgehead atoms. The van der Waals surface area contributed by atoms with Crippen molar-refractivity contribution < 1.29 is 14.6 Å². The Hall–Kier alpha value is -2.00. The van der Waals surface area contributed by atoms with Gasteiger partial charge in [-0.1, -0.05) is 30.3 Å². The van der Waals surface area contributed by atoms with Gasteiger partial charge in [-0.15, -0.1) is 0 Å². The number of aliphatic hydroxyl groups excluding tert-OH is 1. The number of aliphatic hydroxyl groups is 1. The summed E-state index contributed by atoms with van der Waals surface area (Å²) in [5.74, 6) is 1.73. The van der Waals surface area contributed by atoms with Crippen molar-refractivity contribution in [1.82, 2.24) is 0 Å². The third kappa shape index (κ3) is 3.37. The summed E-state index contributed by atoms with van der Waals surface area (Å²) in [7, 11) is 0. The van der Waals surface area contributed by atoms with Crippen molar-refractivity contribution >= 4 is 0 Å². The second kappa shape index (κ2) is 6.64. The zero-order valence-corrected chi connectivity index (χ0v) is 12.0. The van der Waals surface area contributed by atoms with Gasteiger partial charge in [-0.25, -0.2) is 0 Å². The lowest BCUT2D eigenvalue weighted by Crippen LogP contribution is -2.14. The topological polar surface area (TPSA) is 38.7 Å². The second-order valence-corrected chi connectivity index (χ2v) is 5.24. The lowest BCUT2D eigenvalue weighted by molar-refractivity contribution is 0.154. The van der Waals surface area contributed by atoms with Crippen LogP contribution in [0.25, 0.3) is 0 Å². The minimum Gasteiger partial charge on any atom is -0.490 e. The molecular formula is C18H20O3. The molecule has 2 aromatic rings. The first kappa shape index (κ1) is 14.0. The normalized spacial score (nSPS) is 17.1. The highest BCUT2D eigenvalue weighted by Crippen LogP contribution is 2.35. The van der Waals surface area contributed by atoms with Gasteiger partial charge in [0.25, 0.3) is 0 Å². The first-order valence-electron chi connectivity index (χ1n) is 7.45. The molecule has 0 aromatic heterocycles. The van der Waals surface area contributed by atoms with Gasteiger partial charge in [-0.2, -0.15) is 0 Å². The molecular weight excluding hydrogens is 264 g/mol. The summed E-state index contributed by atoms with van der Waals surface area (Å²) >= 11 is 0. The standard InChI is InChI=1S/C18H20O3/c19-17-10-4-9-16-15(17)8-5-11-18(16)21-13-12-20-14-6-2-1-3-7-14/h1-3,5-8,11,17,19H,4,9-10,12-13H2. The highest BCUT2D eigenvalue weighted by atomic mass is 16.5. The summed E-state index contributed by atoms with van der Waals surface area (Å²) in [5.41, 5.74) is 2.17. The van der Waals surface area contributed by atoms with Crippen molar-refractivity contribution in [3.8, 4) is 11.5 Å². The van der Waals surface area contributed by atoms with Crippen LogP contribution in [0.1, 0.15) is 30.1 Å². The van der Waals surface area contributed by atoms with Crippen molar-refractivity contribution in [2.24, 2.45) is 0 Å². The maximum atomic E-state index is 10.0. The van der Waals surface area contributed by atoms with Crippen molar-refractivity contribution in [3.63, 3.8) is 0 Å². The Morgan fingerprint density at radius 1 is 0.952 bits per heavy atom. The van der Waals surface area contributed by atoms with Crippen LogP contribution in [0, 0.1) is 0 Å². The van der Waals surface area contributed by atoms with Crippen LogP contribution in [0.15, 0.2) is 48.5 Å². The quantitative estimate of drug-likeness (QED) is 0.854. The Bertz CT molecular complexity index is 580. The molecule has 3 nitrogen and oxygen atoms in total. The predicted octanol–water partition coefficient (Wildman–Crippen LogP) is 3.51. The maximum absolute atomic E-state index is 10.0. The van der Waals surface area contributed by atoms with Gasteiger partial charge in [0.15, 0.2) is 0 Å². The Labute approximate surface area is 125 Å². The van der Waals surface area contributed by atoms with Crippen LogP contribution in [-0.4, -0.2) is 18.3 Å². The molecule has 0 aliphatic heterocycles. The van der Waals surface area contributed by atoms with Crippen molar-refractivity contribution in [1.29, 1.82) is 0 Å². The smallest absolute Gasteiger partial charge is 0.123 e. The van der Waals surface area contributed by atoms with Crippen LogP contribution in [0.3, 0.4) is 0 Å². The molecule has 3 heteroatoms. The van der Waals surface area contributed by atoms with Gasteiger partial charge in [0.1, 0.15) is 24.7 Å². The molecule has 0 spiro atoms. The minimum atomic E-state index is -0.349. The lowest BCUT2D eigenvalue weighted by atomic mass is 9.89. The van der Waals surface area contributed by atoms with Crippen molar-refractivity contribution in [2.45, 2.75) is 25.4 Å². The Morgan fingerprint density at radius 3 is 2.62 bits per heavy atom. The molecule has 0 heterocycles. The molecule has 0 fully saturated rings. The molecule has 2 aromatic carbocycles. The van der Waals surface area contributed by atoms with E-state index >= 15 is 0 Å². The molecule has 1 atom stereocenters. The molecule has 0 saturated carbocycles. The number of rotatable bonds is 5. The van der Waals surface area contributed by atoms with E-state index in [1.54, 1.807) is 0 Å². The van der Waals surface area contributed by atoms with E-state index in [4.69, 9.17) is 9.47 Å². The number of benzene rings is 2. The van der Waals surface area contributed by atoms with E-state index in [1.807, 2.05) is 48.5 Å². The molecule has 1 aliphatic rings. The molecule has 21 heavy (non-hydrogen) atoms. The SMILES string of the molecule is OC1CCCc2c(OCCOc3ccccc3)cccc21. The fourth-order valence-electron chi connectivity index (χ4n) is 2.75. The highest BCUT2D eigenvalue weighted by molar-refractivity contribution is 5.42. The van der Waals surface area contributed by atoms with Crippen LogP contribution in [0.5, 0.6) is 11.5 Å². The summed E-state index contributed by atoms with van der Waals surface area (Å²) < 4.78 is 11.5. The monoisotopic (exact) mass is 284 g/mol. The summed E-state index contributed by atoms with van der Waals surface area (Å²) in [6.07, 6.45) is 2.47. The van der Waals surface area contributed by atoms with Gasteiger partial charge in [0, 0.05) is 0 Å². The minimum absolute atomic E-state index is 0.349. The number of ether oxygens (including phenoxy) is 2. The molecule has 0 saturated heterocycles. The predicted molar refractivity (Wildman–Crippen MR) is 81.8 cm³/mol. The third-order valence-electron chi connectivity index (χ3n) is 3.79. The molecule has 0 amide bonds. The number of para-hydroxylation sites is 1. The van der Waals surface area contributed by atoms with Crippen LogP contribution in [-0.2, 0) is 6.42 Å². The van der Waals surface area contributed by atoms with Crippen LogP contribution in [0.4, 0.5) is 0 Å². The molecule has 1 aliphatic carbocycles. The van der Waals surface area contributed by atoms with E-state index in [1.165, 1.54) is 0 Å². The molecule has 0 radical (unpaired) electrons. The lowest BCUT2D eigenvalue weighted by Gasteiger charge is -2.23. The first-order valence-corrected chi connectivity index (χ1v) is 7.45. The highest BCUT2D eigenvalue weighted by Gasteiger charge is 2.20. The van der Waals surface area contributed by atoms with E-state index in [-0.39, 0.29) is 6.10 Å². The van der Waals surface area contributed by atoms with Gasteiger partial charge in [-0.3, -0.25) is 0 Å². The molecule has 1 unspecified atom stereocenters. The molecule has 1 N–H and O–H groups in total. The van der Waals surface area contributed by atoms with E-state index in [0.717, 1.165) is 41.9 Å². The summed E-state index contributed by atoms with van der Waals surface area (Å²) in [6.45, 7) is 1.01. The fourth-order valence-corrected chi connectivity index (χ4v) is 2.75. The Kier molecular flexibility index (Phi) is 4.41. The van der Waals surface area contributed by atoms with Gasteiger partial charge in [0.2, 0.25) is 0 Å². The van der Waals surface area contributed by atoms with Crippen LogP contribution >= 0.6 is 0 Å². The zero-order chi connectivity index (χ0) is 14.5. The van der Waals surface area contributed by atoms with E-state index in [2.05, 4.69) is 0 Å². The average Bonchev–Trinajstić information content (AvgIpc) is 2.53. The molecule has 3 rings (SSSR count). The summed E-state index contributed by atoms with van der Waals surface area (Å²) in [6, 6.07) is 15.6. The van der Waals surface area contributed by atoms with Gasteiger partial charge in [-0.05, 0) is 48.6 Å². The molecule has 110 valence electrons. The van der Waals surface area contributed by atoms with E-state index in [0.29, 0.717) is 13.2 Å². The zero-order valence-electron chi connectivity index (χ0n) is 12.0. The van der Waals surface area contributed by atoms with E-state index in [9.17, 15) is 5.11 Å². The number of hydrogen-bond donors (Lipinski definition) is 1. The number of fused-ring (bicyclic) bond motifs is 1. The van der Waals surface area contributed by atoms with E-state index < -0.39 is 0 Å². The third-order valence-corrected chi connectivity index (χ3v) is 3.79. The summed E-state index contributed by atoms with van der Waals surface area (Å²) in [5, 5.41) is 10.0. The average molecular weight is 284 g/mol. The Balaban J connectivity index is 1.57. The van der Waals surface area contributed by atoms with Crippen LogP contribution in [0.2, 0.25) is 0 Å². The second-order valence-electron chi connectivity index (χ2n) is 5.24. The largest absolute Gasteiger partial charge is 0.490 e. The number of hydrogen-bond acceptors (Lipinski definition) is 3. The van der Waals surface area contributed by atoms with Crippen molar-refractivity contribution in [2.75, 3.05) is 13.2 Å². The first-order chi connectivity index (χ1) is 10.3. The van der Waals surface area contributed by atoms with Gasteiger partial charge >= 0.3 is 0 Å². The Morgan fingerprint density at radius 2 is 1.76 bits per heavy atom. The maximum Gasteiger partial charge on any atom is 0.123 e. The van der Waals surface area contributed by atoms with Gasteiger partial charge < -0.3 is 14.6 Å².